The number of hydrogen-bond acceptors (Lipinski definition) is 6. The van der Waals surface area contributed by atoms with E-state index in [1.165, 1.54) is 4.90 Å². The van der Waals surface area contributed by atoms with E-state index in [-0.39, 0.29) is 31.7 Å². The lowest BCUT2D eigenvalue weighted by molar-refractivity contribution is -0.122. The molecule has 8 heteroatoms. The Morgan fingerprint density at radius 1 is 1.09 bits per heavy atom. The fourth-order valence-electron chi connectivity index (χ4n) is 3.85. The van der Waals surface area contributed by atoms with Gasteiger partial charge < -0.3 is 14.9 Å². The summed E-state index contributed by atoms with van der Waals surface area (Å²) in [7, 11) is 0. The van der Waals surface area contributed by atoms with E-state index < -0.39 is 6.09 Å². The molecule has 1 heterocycles. The molecule has 1 N–H and O–H groups in total. The van der Waals surface area contributed by atoms with Crippen molar-refractivity contribution in [1.82, 2.24) is 10.2 Å². The van der Waals surface area contributed by atoms with E-state index in [1.54, 1.807) is 11.8 Å². The van der Waals surface area contributed by atoms with Gasteiger partial charge >= 0.3 is 6.09 Å². The van der Waals surface area contributed by atoms with Crippen molar-refractivity contribution in [2.75, 3.05) is 18.8 Å². The van der Waals surface area contributed by atoms with Crippen molar-refractivity contribution in [3.63, 3.8) is 0 Å². The molecule has 3 aromatic rings. The van der Waals surface area contributed by atoms with Crippen LogP contribution in [0.1, 0.15) is 24.5 Å². The second-order valence-corrected chi connectivity index (χ2v) is 9.53. The molecule has 0 saturated heterocycles. The molecule has 2 amide bonds. The first-order valence-corrected chi connectivity index (χ1v) is 12.7. The number of thioether (sulfide) groups is 1. The molecule has 1 atom stereocenters. The number of benzene rings is 3. The molecular formula is C27H29N3O4S. The average molecular weight is 492 g/mol. The zero-order valence-corrected chi connectivity index (χ0v) is 20.5. The molecule has 0 bridgehead atoms. The molecule has 0 fully saturated rings. The fourth-order valence-corrected chi connectivity index (χ4v) is 4.59. The van der Waals surface area contributed by atoms with Crippen molar-refractivity contribution in [3.8, 4) is 0 Å². The standard InChI is InChI=1S/C27H29N3O4S/c1-2-35-26-15-23(34-29-26)16-28-25(31)18-30(27(32)33-19-20-9-4-3-5-10-20)17-22-13-8-12-21-11-6-7-14-24(21)22/h3-14,23H,2,15-19H2,1H3,(H,28,31). The number of rotatable bonds is 9. The Morgan fingerprint density at radius 2 is 1.86 bits per heavy atom. The Labute approximate surface area is 209 Å². The smallest absolute Gasteiger partial charge is 0.410 e. The quantitative estimate of drug-likeness (QED) is 0.458. The predicted molar refractivity (Wildman–Crippen MR) is 139 cm³/mol. The number of hydrogen-bond donors (Lipinski definition) is 1. The molecule has 7 nitrogen and oxygen atoms in total. The van der Waals surface area contributed by atoms with E-state index in [9.17, 15) is 9.59 Å². The van der Waals surface area contributed by atoms with Gasteiger partial charge in [-0.05, 0) is 27.7 Å². The Kier molecular flexibility index (Phi) is 8.62. The van der Waals surface area contributed by atoms with Crippen molar-refractivity contribution in [1.29, 1.82) is 0 Å². The van der Waals surface area contributed by atoms with E-state index in [2.05, 4.69) is 17.4 Å². The predicted octanol–water partition coefficient (Wildman–Crippen LogP) is 4.95. The number of nitrogens with zero attached hydrogens (tertiary/aromatic N) is 2. The SMILES string of the molecule is CCSC1=NOC(CNC(=O)CN(Cc2cccc3ccccc23)C(=O)OCc2ccccc2)C1. The molecule has 1 unspecified atom stereocenters. The van der Waals surface area contributed by atoms with E-state index in [0.29, 0.717) is 13.0 Å². The van der Waals surface area contributed by atoms with Crippen LogP contribution >= 0.6 is 11.8 Å². The summed E-state index contributed by atoms with van der Waals surface area (Å²) < 4.78 is 5.56. The normalized spacial score (nSPS) is 14.8. The van der Waals surface area contributed by atoms with E-state index in [4.69, 9.17) is 9.57 Å². The number of ether oxygens (including phenoxy) is 1. The Morgan fingerprint density at radius 3 is 2.69 bits per heavy atom. The minimum Gasteiger partial charge on any atom is -0.445 e. The first-order chi connectivity index (χ1) is 17.1. The lowest BCUT2D eigenvalue weighted by atomic mass is 10.0. The molecule has 0 aromatic heterocycles. The topological polar surface area (TPSA) is 80.2 Å². The summed E-state index contributed by atoms with van der Waals surface area (Å²) in [6.07, 6.45) is -0.0546. The highest BCUT2D eigenvalue weighted by Gasteiger charge is 2.24. The number of carbonyl (C=O) groups is 2. The third-order valence-electron chi connectivity index (χ3n) is 5.58. The van der Waals surface area contributed by atoms with Gasteiger partial charge in [-0.25, -0.2) is 4.79 Å². The van der Waals surface area contributed by atoms with Crippen LogP contribution < -0.4 is 5.32 Å². The molecule has 1 aliphatic heterocycles. The van der Waals surface area contributed by atoms with Crippen LogP contribution in [-0.4, -0.2) is 46.9 Å². The van der Waals surface area contributed by atoms with Crippen LogP contribution in [0, 0.1) is 0 Å². The van der Waals surface area contributed by atoms with Crippen molar-refractivity contribution >= 4 is 39.6 Å². The molecule has 35 heavy (non-hydrogen) atoms. The highest BCUT2D eigenvalue weighted by molar-refractivity contribution is 8.13. The van der Waals surface area contributed by atoms with Crippen LogP contribution in [-0.2, 0) is 27.5 Å². The van der Waals surface area contributed by atoms with Crippen molar-refractivity contribution in [2.45, 2.75) is 32.6 Å². The van der Waals surface area contributed by atoms with Gasteiger partial charge in [0.15, 0.2) is 6.10 Å². The van der Waals surface area contributed by atoms with Crippen LogP contribution in [0.15, 0.2) is 78.0 Å². The second kappa shape index (κ2) is 12.3. The van der Waals surface area contributed by atoms with Crippen LogP contribution in [0.3, 0.4) is 0 Å². The van der Waals surface area contributed by atoms with Crippen molar-refractivity contribution < 1.29 is 19.2 Å². The average Bonchev–Trinajstić information content (AvgIpc) is 3.34. The van der Waals surface area contributed by atoms with Gasteiger partial charge in [-0.1, -0.05) is 84.9 Å². The third kappa shape index (κ3) is 6.99. The van der Waals surface area contributed by atoms with Crippen LogP contribution in [0.2, 0.25) is 0 Å². The number of amides is 2. The van der Waals surface area contributed by atoms with Gasteiger partial charge in [0.2, 0.25) is 5.91 Å². The zero-order chi connectivity index (χ0) is 24.5. The molecule has 182 valence electrons. The van der Waals surface area contributed by atoms with E-state index >= 15 is 0 Å². The maximum atomic E-state index is 13.0. The summed E-state index contributed by atoms with van der Waals surface area (Å²) in [6, 6.07) is 23.4. The van der Waals surface area contributed by atoms with Crippen LogP contribution in [0.25, 0.3) is 10.8 Å². The molecule has 0 aliphatic carbocycles. The van der Waals surface area contributed by atoms with Gasteiger partial charge in [0.05, 0.1) is 13.1 Å². The van der Waals surface area contributed by atoms with Gasteiger partial charge in [-0.3, -0.25) is 9.69 Å². The second-order valence-electron chi connectivity index (χ2n) is 8.19. The maximum absolute atomic E-state index is 13.0. The monoisotopic (exact) mass is 491 g/mol. The molecule has 0 spiro atoms. The molecule has 1 aliphatic rings. The van der Waals surface area contributed by atoms with Gasteiger partial charge in [0.1, 0.15) is 18.2 Å². The summed E-state index contributed by atoms with van der Waals surface area (Å²) in [5.41, 5.74) is 1.83. The number of nitrogens with one attached hydrogen (secondary N) is 1. The Balaban J connectivity index is 1.41. The lowest BCUT2D eigenvalue weighted by Crippen LogP contribution is -2.42. The summed E-state index contributed by atoms with van der Waals surface area (Å²) in [6.45, 7) is 2.66. The lowest BCUT2D eigenvalue weighted by Gasteiger charge is -2.23. The highest BCUT2D eigenvalue weighted by Crippen LogP contribution is 2.21. The van der Waals surface area contributed by atoms with Gasteiger partial charge in [0, 0.05) is 6.42 Å². The first-order valence-electron chi connectivity index (χ1n) is 11.7. The third-order valence-corrected chi connectivity index (χ3v) is 6.45. The van der Waals surface area contributed by atoms with Crippen molar-refractivity contribution in [2.24, 2.45) is 5.16 Å². The van der Waals surface area contributed by atoms with Gasteiger partial charge in [-0.15, -0.1) is 11.8 Å². The largest absolute Gasteiger partial charge is 0.445 e. The molecule has 4 rings (SSSR count). The zero-order valence-electron chi connectivity index (χ0n) is 19.7. The van der Waals surface area contributed by atoms with Crippen LogP contribution in [0.4, 0.5) is 4.79 Å². The van der Waals surface area contributed by atoms with Crippen LogP contribution in [0.5, 0.6) is 0 Å². The fraction of sp³-hybridized carbons (Fsp3) is 0.296. The summed E-state index contributed by atoms with van der Waals surface area (Å²) >= 11 is 1.64. The molecular weight excluding hydrogens is 462 g/mol. The number of oxime groups is 1. The first kappa shape index (κ1) is 24.6. The highest BCUT2D eigenvalue weighted by atomic mass is 32.2. The Hall–Kier alpha value is -3.52. The minimum absolute atomic E-state index is 0.124. The van der Waals surface area contributed by atoms with Gasteiger partial charge in [-0.2, -0.15) is 0 Å². The van der Waals surface area contributed by atoms with E-state index in [1.807, 2.05) is 72.8 Å². The molecule has 0 radical (unpaired) electrons. The maximum Gasteiger partial charge on any atom is 0.410 e. The minimum atomic E-state index is -0.543. The summed E-state index contributed by atoms with van der Waals surface area (Å²) in [4.78, 5) is 32.7. The number of fused-ring (bicyclic) bond motifs is 1. The number of carbonyl (C=O) groups excluding carboxylic acids is 2. The molecule has 0 saturated carbocycles. The summed E-state index contributed by atoms with van der Waals surface area (Å²) in [5, 5.41) is 9.98. The van der Waals surface area contributed by atoms with E-state index in [0.717, 1.165) is 32.7 Å². The molecule has 3 aromatic carbocycles. The van der Waals surface area contributed by atoms with Crippen molar-refractivity contribution in [3.05, 3.63) is 83.9 Å². The Bertz CT molecular complexity index is 1180. The summed E-state index contributed by atoms with van der Waals surface area (Å²) in [5.74, 6) is 0.650. The van der Waals surface area contributed by atoms with Gasteiger partial charge in [0.25, 0.3) is 0 Å².